The maximum atomic E-state index is 12.7. The van der Waals surface area contributed by atoms with Gasteiger partial charge in [0.25, 0.3) is 11.8 Å². The van der Waals surface area contributed by atoms with Crippen LogP contribution in [0.15, 0.2) is 35.6 Å². The number of aliphatic hydroxyl groups is 1. The molecule has 2 heterocycles. The van der Waals surface area contributed by atoms with Crippen molar-refractivity contribution in [1.29, 1.82) is 0 Å². The van der Waals surface area contributed by atoms with Crippen LogP contribution >= 0.6 is 0 Å². The molecule has 0 aromatic heterocycles. The number of ketones is 1. The maximum absolute atomic E-state index is 12.7. The number of benzene rings is 1. The summed E-state index contributed by atoms with van der Waals surface area (Å²) in [7, 11) is 0. The number of carboxylic acid groups (broad SMARTS) is 1. The summed E-state index contributed by atoms with van der Waals surface area (Å²) in [5.74, 6) is -3.12. The fraction of sp³-hybridized carbons (Fsp3) is 0.435. The van der Waals surface area contributed by atoms with Gasteiger partial charge >= 0.3 is 5.97 Å². The number of carboxylic acids is 1. The van der Waals surface area contributed by atoms with E-state index < -0.39 is 29.9 Å². The first-order chi connectivity index (χ1) is 15.8. The topological polar surface area (TPSA) is 144 Å². The lowest BCUT2D eigenvalue weighted by Gasteiger charge is -2.28. The van der Waals surface area contributed by atoms with Crippen LogP contribution in [0.4, 0.5) is 0 Å². The Labute approximate surface area is 190 Å². The molecule has 0 radical (unpaired) electrons. The number of nitrogens with zero attached hydrogens (tertiary/aromatic N) is 2. The third-order valence-electron chi connectivity index (χ3n) is 5.69. The smallest absolute Gasteiger partial charge is 0.322 e. The summed E-state index contributed by atoms with van der Waals surface area (Å²) >= 11 is 0. The average Bonchev–Trinajstić information content (AvgIpc) is 3.19. The number of hydrogen-bond donors (Lipinski definition) is 3. The fourth-order valence-electron chi connectivity index (χ4n) is 3.90. The Hall–Kier alpha value is -3.69. The van der Waals surface area contributed by atoms with E-state index in [2.05, 4.69) is 5.32 Å². The van der Waals surface area contributed by atoms with E-state index in [9.17, 15) is 29.1 Å². The first kappa shape index (κ1) is 24.0. The van der Waals surface area contributed by atoms with Crippen molar-refractivity contribution in [3.8, 4) is 0 Å². The van der Waals surface area contributed by atoms with Gasteiger partial charge in [0.1, 0.15) is 17.9 Å². The number of Topliss-reactive ketones (excluding diaryl/α,β-unsaturated/α-hetero) is 1. The van der Waals surface area contributed by atoms with Gasteiger partial charge in [0.05, 0.1) is 0 Å². The molecule has 0 aliphatic carbocycles. The van der Waals surface area contributed by atoms with Crippen LogP contribution in [0.5, 0.6) is 0 Å². The highest BCUT2D eigenvalue weighted by atomic mass is 16.4. The predicted molar refractivity (Wildman–Crippen MR) is 116 cm³/mol. The predicted octanol–water partition coefficient (Wildman–Crippen LogP) is 1.02. The van der Waals surface area contributed by atoms with Crippen LogP contribution in [-0.2, 0) is 25.7 Å². The molecule has 1 saturated heterocycles. The zero-order valence-electron chi connectivity index (χ0n) is 18.2. The average molecular weight is 457 g/mol. The largest absolute Gasteiger partial charge is 0.511 e. The summed E-state index contributed by atoms with van der Waals surface area (Å²) in [5.41, 5.74) is 0.836. The van der Waals surface area contributed by atoms with Gasteiger partial charge in [-0.3, -0.25) is 24.0 Å². The second-order valence-corrected chi connectivity index (χ2v) is 8.08. The summed E-state index contributed by atoms with van der Waals surface area (Å²) in [6.45, 7) is 1.06. The van der Waals surface area contributed by atoms with Crippen molar-refractivity contribution in [3.05, 3.63) is 46.7 Å². The molecule has 0 atom stereocenters. The first-order valence-corrected chi connectivity index (χ1v) is 10.9. The molecule has 10 heteroatoms. The minimum absolute atomic E-state index is 0.0208. The van der Waals surface area contributed by atoms with Crippen molar-refractivity contribution >= 4 is 29.5 Å². The molecule has 1 aromatic rings. The standard InChI is InChI=1S/C23H27N3O7/c27-17(3-1-10-25-11-2-4-19(25)29)16-7-5-15(6-8-16)14-26-12-9-18(28)21(23(26)33)22(32)24-13-20(30)31/h5-8,28H,1-4,9-14H2,(H,24,32)(H,30,31). The van der Waals surface area contributed by atoms with E-state index in [0.29, 0.717) is 31.4 Å². The molecular weight excluding hydrogens is 430 g/mol. The van der Waals surface area contributed by atoms with Gasteiger partial charge in [-0.1, -0.05) is 24.3 Å². The van der Waals surface area contributed by atoms with Gasteiger partial charge in [0.2, 0.25) is 5.91 Å². The Morgan fingerprint density at radius 3 is 2.36 bits per heavy atom. The monoisotopic (exact) mass is 457 g/mol. The van der Waals surface area contributed by atoms with Crippen molar-refractivity contribution in [3.63, 3.8) is 0 Å². The number of nitrogens with one attached hydrogen (secondary N) is 1. The Kier molecular flexibility index (Phi) is 7.81. The van der Waals surface area contributed by atoms with E-state index in [1.807, 2.05) is 0 Å². The second-order valence-electron chi connectivity index (χ2n) is 8.08. The highest BCUT2D eigenvalue weighted by molar-refractivity contribution is 6.19. The number of rotatable bonds is 10. The van der Waals surface area contributed by atoms with Gasteiger partial charge in [0, 0.05) is 51.0 Å². The third-order valence-corrected chi connectivity index (χ3v) is 5.69. The maximum Gasteiger partial charge on any atom is 0.322 e. The molecule has 2 aliphatic heterocycles. The van der Waals surface area contributed by atoms with Gasteiger partial charge in [-0.2, -0.15) is 0 Å². The summed E-state index contributed by atoms with van der Waals surface area (Å²) in [5, 5.41) is 20.7. The molecule has 10 nitrogen and oxygen atoms in total. The summed E-state index contributed by atoms with van der Waals surface area (Å²) < 4.78 is 0. The second kappa shape index (κ2) is 10.8. The normalized spacial score (nSPS) is 16.4. The minimum Gasteiger partial charge on any atom is -0.511 e. The van der Waals surface area contributed by atoms with Gasteiger partial charge in [-0.15, -0.1) is 0 Å². The molecule has 3 amide bonds. The number of aliphatic carboxylic acids is 1. The van der Waals surface area contributed by atoms with Crippen LogP contribution in [0.2, 0.25) is 0 Å². The molecule has 2 aliphatic rings. The molecule has 0 saturated carbocycles. The molecule has 176 valence electrons. The number of likely N-dealkylation sites (tertiary alicyclic amines) is 1. The number of aliphatic hydroxyl groups excluding tert-OH is 1. The van der Waals surface area contributed by atoms with E-state index >= 15 is 0 Å². The fourth-order valence-corrected chi connectivity index (χ4v) is 3.90. The lowest BCUT2D eigenvalue weighted by molar-refractivity contribution is -0.138. The zero-order chi connectivity index (χ0) is 24.0. The lowest BCUT2D eigenvalue weighted by atomic mass is 10.0. The van der Waals surface area contributed by atoms with E-state index in [0.717, 1.165) is 18.5 Å². The van der Waals surface area contributed by atoms with Crippen LogP contribution in [0.1, 0.15) is 48.0 Å². The van der Waals surface area contributed by atoms with E-state index in [-0.39, 0.29) is 37.0 Å². The summed E-state index contributed by atoms with van der Waals surface area (Å²) in [6.07, 6.45) is 2.48. The van der Waals surface area contributed by atoms with Gasteiger partial charge in [0.15, 0.2) is 5.78 Å². The van der Waals surface area contributed by atoms with E-state index in [1.165, 1.54) is 4.90 Å². The van der Waals surface area contributed by atoms with Gasteiger partial charge < -0.3 is 25.3 Å². The number of amides is 3. The number of hydrogen-bond acceptors (Lipinski definition) is 6. The molecule has 0 spiro atoms. The Morgan fingerprint density at radius 2 is 1.73 bits per heavy atom. The van der Waals surface area contributed by atoms with Crippen molar-refractivity contribution in [2.45, 2.75) is 38.6 Å². The van der Waals surface area contributed by atoms with E-state index in [1.54, 1.807) is 29.2 Å². The Morgan fingerprint density at radius 1 is 1.00 bits per heavy atom. The van der Waals surface area contributed by atoms with Crippen molar-refractivity contribution in [2.24, 2.45) is 0 Å². The van der Waals surface area contributed by atoms with Gasteiger partial charge in [-0.25, -0.2) is 0 Å². The first-order valence-electron chi connectivity index (χ1n) is 10.9. The number of carbonyl (C=O) groups excluding carboxylic acids is 4. The SMILES string of the molecule is O=C(O)CNC(=O)C1=C(O)CCN(Cc2ccc(C(=O)CCCN3CCCC3=O)cc2)C1=O. The quantitative estimate of drug-likeness (QED) is 0.351. The van der Waals surface area contributed by atoms with Crippen molar-refractivity contribution in [2.75, 3.05) is 26.2 Å². The highest BCUT2D eigenvalue weighted by Gasteiger charge is 2.32. The minimum atomic E-state index is -1.26. The third kappa shape index (κ3) is 6.18. The van der Waals surface area contributed by atoms with Crippen LogP contribution in [-0.4, -0.2) is 75.7 Å². The molecular formula is C23H27N3O7. The Balaban J connectivity index is 1.54. The zero-order valence-corrected chi connectivity index (χ0v) is 18.2. The van der Waals surface area contributed by atoms with Gasteiger partial charge in [-0.05, 0) is 18.4 Å². The molecule has 1 fully saturated rings. The highest BCUT2D eigenvalue weighted by Crippen LogP contribution is 2.20. The van der Waals surface area contributed by atoms with Crippen LogP contribution in [0, 0.1) is 0 Å². The van der Waals surface area contributed by atoms with Crippen LogP contribution in [0.3, 0.4) is 0 Å². The summed E-state index contributed by atoms with van der Waals surface area (Å²) in [4.78, 5) is 62.7. The summed E-state index contributed by atoms with van der Waals surface area (Å²) in [6, 6.07) is 6.82. The molecule has 1 aromatic carbocycles. The molecule has 0 bridgehead atoms. The Bertz CT molecular complexity index is 984. The molecule has 33 heavy (non-hydrogen) atoms. The van der Waals surface area contributed by atoms with Crippen molar-refractivity contribution in [1.82, 2.24) is 15.1 Å². The molecule has 3 rings (SSSR count). The van der Waals surface area contributed by atoms with E-state index in [4.69, 9.17) is 5.11 Å². The number of carbonyl (C=O) groups is 5. The van der Waals surface area contributed by atoms with Crippen LogP contribution in [0.25, 0.3) is 0 Å². The van der Waals surface area contributed by atoms with Crippen molar-refractivity contribution < 1.29 is 34.2 Å². The molecule has 0 unspecified atom stereocenters. The van der Waals surface area contributed by atoms with Crippen LogP contribution < -0.4 is 5.32 Å². The molecule has 3 N–H and O–H groups in total. The lowest BCUT2D eigenvalue weighted by Crippen LogP contribution is -2.43.